The van der Waals surface area contributed by atoms with Crippen LogP contribution in [0.15, 0.2) is 17.5 Å². The zero-order valence-corrected chi connectivity index (χ0v) is 10.5. The number of thiophene rings is 1. The monoisotopic (exact) mass is 236 g/mol. The Morgan fingerprint density at radius 2 is 2.19 bits per heavy atom. The van der Waals surface area contributed by atoms with E-state index in [4.69, 9.17) is 5.73 Å². The molecule has 0 amide bonds. The maximum Gasteiger partial charge on any atom is 0.0334 e. The van der Waals surface area contributed by atoms with E-state index in [1.807, 2.05) is 11.3 Å². The lowest BCUT2D eigenvalue weighted by molar-refractivity contribution is 0.163. The largest absolute Gasteiger partial charge is 0.329 e. The fourth-order valence-electron chi connectivity index (χ4n) is 2.59. The molecule has 2 nitrogen and oxygen atoms in total. The minimum Gasteiger partial charge on any atom is -0.329 e. The fraction of sp³-hybridized carbons (Fsp3) is 0.692. The van der Waals surface area contributed by atoms with Crippen LogP contribution in [0.25, 0.3) is 0 Å². The van der Waals surface area contributed by atoms with Crippen LogP contribution < -0.4 is 5.73 Å². The smallest absolute Gasteiger partial charge is 0.0334 e. The van der Waals surface area contributed by atoms with Crippen molar-refractivity contribution in [3.8, 4) is 0 Å². The summed E-state index contributed by atoms with van der Waals surface area (Å²) in [5.74, 6) is 0.894. The second kappa shape index (κ2) is 4.47. The quantitative estimate of drug-likeness (QED) is 0.822. The Labute approximate surface area is 101 Å². The van der Waals surface area contributed by atoms with Gasteiger partial charge in [-0.25, -0.2) is 0 Å². The zero-order chi connectivity index (χ0) is 11.0. The van der Waals surface area contributed by atoms with Gasteiger partial charge in [-0.3, -0.25) is 4.90 Å². The summed E-state index contributed by atoms with van der Waals surface area (Å²) in [5.41, 5.74) is 5.97. The molecular formula is C13H20N2S. The molecule has 1 atom stereocenters. The van der Waals surface area contributed by atoms with Crippen LogP contribution in [0.2, 0.25) is 0 Å². The highest BCUT2D eigenvalue weighted by Gasteiger charge is 2.40. The Hall–Kier alpha value is -0.380. The molecule has 2 fully saturated rings. The van der Waals surface area contributed by atoms with E-state index in [0.717, 1.165) is 25.0 Å². The van der Waals surface area contributed by atoms with E-state index >= 15 is 0 Å². The van der Waals surface area contributed by atoms with Gasteiger partial charge in [0.15, 0.2) is 0 Å². The van der Waals surface area contributed by atoms with E-state index < -0.39 is 0 Å². The van der Waals surface area contributed by atoms with Gasteiger partial charge in [0, 0.05) is 30.1 Å². The normalized spacial score (nSPS) is 22.6. The number of hydrogen-bond donors (Lipinski definition) is 1. The van der Waals surface area contributed by atoms with Gasteiger partial charge in [0.25, 0.3) is 0 Å². The van der Waals surface area contributed by atoms with Crippen LogP contribution >= 0.6 is 11.3 Å². The van der Waals surface area contributed by atoms with E-state index in [0.29, 0.717) is 6.04 Å². The average Bonchev–Trinajstić information content (AvgIpc) is 3.19. The van der Waals surface area contributed by atoms with Crippen LogP contribution in [-0.4, -0.2) is 23.5 Å². The Morgan fingerprint density at radius 3 is 2.69 bits per heavy atom. The third-order valence-corrected chi connectivity index (χ3v) is 4.63. The van der Waals surface area contributed by atoms with Crippen molar-refractivity contribution >= 4 is 11.3 Å². The van der Waals surface area contributed by atoms with E-state index in [1.165, 1.54) is 30.6 Å². The van der Waals surface area contributed by atoms with Crippen molar-refractivity contribution in [1.82, 2.24) is 4.90 Å². The van der Waals surface area contributed by atoms with Crippen molar-refractivity contribution in [1.29, 1.82) is 0 Å². The van der Waals surface area contributed by atoms with E-state index in [2.05, 4.69) is 22.4 Å². The topological polar surface area (TPSA) is 29.3 Å². The molecule has 2 saturated carbocycles. The van der Waals surface area contributed by atoms with Gasteiger partial charge in [-0.1, -0.05) is 6.07 Å². The summed E-state index contributed by atoms with van der Waals surface area (Å²) in [4.78, 5) is 4.18. The van der Waals surface area contributed by atoms with Gasteiger partial charge in [0.1, 0.15) is 0 Å². The van der Waals surface area contributed by atoms with Crippen LogP contribution in [0.1, 0.15) is 30.6 Å². The van der Waals surface area contributed by atoms with Crippen molar-refractivity contribution in [3.05, 3.63) is 22.4 Å². The second-order valence-corrected chi connectivity index (χ2v) is 6.16. The first-order chi connectivity index (χ1) is 7.88. The minimum atomic E-state index is 0.648. The Kier molecular flexibility index (Phi) is 3.01. The first-order valence-corrected chi connectivity index (χ1v) is 7.24. The van der Waals surface area contributed by atoms with Crippen molar-refractivity contribution in [3.63, 3.8) is 0 Å². The van der Waals surface area contributed by atoms with Gasteiger partial charge in [-0.2, -0.15) is 0 Å². The summed E-state index contributed by atoms with van der Waals surface area (Å²) in [5, 5.41) is 2.18. The molecule has 1 aromatic heterocycles. The Bertz CT molecular complexity index is 328. The summed E-state index contributed by atoms with van der Waals surface area (Å²) in [7, 11) is 0. The van der Waals surface area contributed by atoms with Crippen LogP contribution in [0.3, 0.4) is 0 Å². The summed E-state index contributed by atoms with van der Waals surface area (Å²) in [6, 6.07) is 5.88. The summed E-state index contributed by atoms with van der Waals surface area (Å²) in [6.45, 7) is 1.97. The molecule has 3 rings (SSSR count). The van der Waals surface area contributed by atoms with Gasteiger partial charge < -0.3 is 5.73 Å². The van der Waals surface area contributed by atoms with Crippen molar-refractivity contribution in [2.75, 3.05) is 6.54 Å². The van der Waals surface area contributed by atoms with Gasteiger partial charge in [0.05, 0.1) is 0 Å². The van der Waals surface area contributed by atoms with Crippen LogP contribution in [-0.2, 0) is 6.54 Å². The highest BCUT2D eigenvalue weighted by molar-refractivity contribution is 7.09. The standard InChI is InChI=1S/C13H20N2S/c14-8-13(10-3-4-10)15(11-5-6-11)9-12-2-1-7-16-12/h1-2,7,10-11,13H,3-6,8-9,14H2. The first-order valence-electron chi connectivity index (χ1n) is 6.36. The van der Waals surface area contributed by atoms with Crippen molar-refractivity contribution in [2.24, 2.45) is 11.7 Å². The lowest BCUT2D eigenvalue weighted by Gasteiger charge is -2.30. The molecule has 16 heavy (non-hydrogen) atoms. The molecule has 0 aromatic carbocycles. The van der Waals surface area contributed by atoms with E-state index in [1.54, 1.807) is 0 Å². The molecule has 1 unspecified atom stereocenters. The average molecular weight is 236 g/mol. The predicted octanol–water partition coefficient (Wildman–Crippen LogP) is 2.45. The third kappa shape index (κ3) is 2.31. The van der Waals surface area contributed by atoms with Gasteiger partial charge in [0.2, 0.25) is 0 Å². The summed E-state index contributed by atoms with van der Waals surface area (Å²) in [6.07, 6.45) is 5.56. The lowest BCUT2D eigenvalue weighted by atomic mass is 10.1. The van der Waals surface area contributed by atoms with E-state index in [9.17, 15) is 0 Å². The molecule has 2 aliphatic carbocycles. The predicted molar refractivity (Wildman–Crippen MR) is 68.5 cm³/mol. The number of nitrogens with two attached hydrogens (primary N) is 1. The zero-order valence-electron chi connectivity index (χ0n) is 9.64. The SMILES string of the molecule is NCC(C1CC1)N(Cc1cccs1)C1CC1. The van der Waals surface area contributed by atoms with Crippen molar-refractivity contribution < 1.29 is 0 Å². The highest BCUT2D eigenvalue weighted by atomic mass is 32.1. The van der Waals surface area contributed by atoms with Crippen LogP contribution in [0, 0.1) is 5.92 Å². The van der Waals surface area contributed by atoms with Crippen molar-refractivity contribution in [2.45, 2.75) is 44.3 Å². The summed E-state index contributed by atoms with van der Waals surface area (Å²) >= 11 is 1.87. The minimum absolute atomic E-state index is 0.648. The number of nitrogens with zero attached hydrogens (tertiary/aromatic N) is 1. The summed E-state index contributed by atoms with van der Waals surface area (Å²) < 4.78 is 0. The van der Waals surface area contributed by atoms with Crippen LogP contribution in [0.4, 0.5) is 0 Å². The number of hydrogen-bond acceptors (Lipinski definition) is 3. The molecule has 2 N–H and O–H groups in total. The van der Waals surface area contributed by atoms with E-state index in [-0.39, 0.29) is 0 Å². The molecule has 2 aliphatic rings. The second-order valence-electron chi connectivity index (χ2n) is 5.12. The van der Waals surface area contributed by atoms with Gasteiger partial charge in [-0.05, 0) is 43.0 Å². The maximum absolute atomic E-state index is 5.97. The first kappa shape index (κ1) is 10.8. The highest BCUT2D eigenvalue weighted by Crippen LogP contribution is 2.40. The molecule has 0 spiro atoms. The number of rotatable bonds is 6. The molecule has 0 bridgehead atoms. The fourth-order valence-corrected chi connectivity index (χ4v) is 3.30. The molecule has 3 heteroatoms. The Balaban J connectivity index is 1.69. The molecular weight excluding hydrogens is 216 g/mol. The molecule has 88 valence electrons. The molecule has 0 radical (unpaired) electrons. The van der Waals surface area contributed by atoms with Crippen LogP contribution in [0.5, 0.6) is 0 Å². The van der Waals surface area contributed by atoms with Gasteiger partial charge in [-0.15, -0.1) is 11.3 Å². The molecule has 0 aliphatic heterocycles. The Morgan fingerprint density at radius 1 is 1.38 bits per heavy atom. The lowest BCUT2D eigenvalue weighted by Crippen LogP contribution is -2.43. The molecule has 0 saturated heterocycles. The molecule has 1 heterocycles. The third-order valence-electron chi connectivity index (χ3n) is 3.77. The molecule has 1 aromatic rings. The van der Waals surface area contributed by atoms with Gasteiger partial charge >= 0.3 is 0 Å². The maximum atomic E-state index is 5.97.